The first-order valence-corrected chi connectivity index (χ1v) is 7.31. The van der Waals surface area contributed by atoms with E-state index in [4.69, 9.17) is 4.52 Å². The van der Waals surface area contributed by atoms with Gasteiger partial charge in [0.15, 0.2) is 5.69 Å². The number of fused-ring (bicyclic) bond motifs is 2. The molecule has 0 spiro atoms. The lowest BCUT2D eigenvalue weighted by atomic mass is 10.00. The molecule has 0 radical (unpaired) electrons. The van der Waals surface area contributed by atoms with Gasteiger partial charge in [0.05, 0.1) is 0 Å². The second-order valence-corrected chi connectivity index (χ2v) is 6.17. The Morgan fingerprint density at radius 1 is 1.25 bits per heavy atom. The molecule has 3 atom stereocenters. The van der Waals surface area contributed by atoms with Crippen LogP contribution in [-0.4, -0.2) is 29.2 Å². The Labute approximate surface area is 124 Å². The third-order valence-electron chi connectivity index (χ3n) is 4.55. The SMILES string of the molecule is Cl.O=C(NC1C[C@H]2CC[C@@H](C1)N2)c1cc(C2CC2)on1. The summed E-state index contributed by atoms with van der Waals surface area (Å²) in [5, 5.41) is 10.6. The van der Waals surface area contributed by atoms with Gasteiger partial charge in [-0.3, -0.25) is 4.79 Å². The van der Waals surface area contributed by atoms with Crippen molar-refractivity contribution < 1.29 is 9.32 Å². The lowest BCUT2D eigenvalue weighted by Gasteiger charge is -2.29. The molecule has 4 rings (SSSR count). The first-order valence-electron chi connectivity index (χ1n) is 7.31. The van der Waals surface area contributed by atoms with E-state index in [1.165, 1.54) is 12.8 Å². The number of amides is 1. The zero-order valence-corrected chi connectivity index (χ0v) is 12.1. The number of nitrogens with one attached hydrogen (secondary N) is 2. The zero-order valence-electron chi connectivity index (χ0n) is 11.3. The Balaban J connectivity index is 0.00000121. The number of hydrogen-bond donors (Lipinski definition) is 2. The molecule has 3 heterocycles. The second-order valence-electron chi connectivity index (χ2n) is 6.17. The molecule has 5 nitrogen and oxygen atoms in total. The van der Waals surface area contributed by atoms with Crippen LogP contribution in [0.3, 0.4) is 0 Å². The highest BCUT2D eigenvalue weighted by Gasteiger charge is 2.35. The van der Waals surface area contributed by atoms with Gasteiger partial charge in [-0.05, 0) is 38.5 Å². The van der Waals surface area contributed by atoms with Crippen LogP contribution in [0.4, 0.5) is 0 Å². The highest BCUT2D eigenvalue weighted by Crippen LogP contribution is 2.40. The lowest BCUT2D eigenvalue weighted by molar-refractivity contribution is 0.0914. The quantitative estimate of drug-likeness (QED) is 0.895. The molecule has 2 aliphatic heterocycles. The van der Waals surface area contributed by atoms with E-state index in [1.54, 1.807) is 0 Å². The monoisotopic (exact) mass is 297 g/mol. The zero-order chi connectivity index (χ0) is 12.8. The topological polar surface area (TPSA) is 67.2 Å². The molecule has 0 aromatic carbocycles. The Kier molecular flexibility index (Phi) is 3.73. The third kappa shape index (κ3) is 2.69. The van der Waals surface area contributed by atoms with Gasteiger partial charge < -0.3 is 15.2 Å². The van der Waals surface area contributed by atoms with E-state index in [9.17, 15) is 4.79 Å². The molecule has 110 valence electrons. The molecule has 6 heteroatoms. The van der Waals surface area contributed by atoms with Crippen molar-refractivity contribution in [3.63, 3.8) is 0 Å². The van der Waals surface area contributed by atoms with E-state index in [2.05, 4.69) is 15.8 Å². The molecular weight excluding hydrogens is 278 g/mol. The molecule has 1 saturated carbocycles. The molecule has 1 aromatic rings. The Morgan fingerprint density at radius 2 is 1.95 bits per heavy atom. The summed E-state index contributed by atoms with van der Waals surface area (Å²) in [5.41, 5.74) is 0.438. The highest BCUT2D eigenvalue weighted by molar-refractivity contribution is 5.92. The molecule has 20 heavy (non-hydrogen) atoms. The average Bonchev–Trinajstić information content (AvgIpc) is 3.03. The Hall–Kier alpha value is -1.07. The molecule has 3 fully saturated rings. The predicted molar refractivity (Wildman–Crippen MR) is 76.2 cm³/mol. The van der Waals surface area contributed by atoms with Gasteiger partial charge in [0.1, 0.15) is 5.76 Å². The number of nitrogens with zero attached hydrogens (tertiary/aromatic N) is 1. The minimum atomic E-state index is -0.0815. The average molecular weight is 298 g/mol. The first kappa shape index (κ1) is 13.9. The maximum absolute atomic E-state index is 12.1. The van der Waals surface area contributed by atoms with E-state index in [-0.39, 0.29) is 24.4 Å². The van der Waals surface area contributed by atoms with Crippen LogP contribution in [0.1, 0.15) is 60.7 Å². The molecule has 1 aliphatic carbocycles. The maximum atomic E-state index is 12.1. The number of hydrogen-bond acceptors (Lipinski definition) is 4. The predicted octanol–water partition coefficient (Wildman–Crippen LogP) is 1.99. The second kappa shape index (κ2) is 5.37. The van der Waals surface area contributed by atoms with Crippen molar-refractivity contribution in [3.8, 4) is 0 Å². The molecular formula is C14H20ClN3O2. The molecule has 3 aliphatic rings. The molecule has 1 amide bonds. The summed E-state index contributed by atoms with van der Waals surface area (Å²) in [6.07, 6.45) is 6.88. The van der Waals surface area contributed by atoms with Gasteiger partial charge in [-0.1, -0.05) is 5.16 Å². The summed E-state index contributed by atoms with van der Waals surface area (Å²) < 4.78 is 5.23. The van der Waals surface area contributed by atoms with Crippen molar-refractivity contribution in [2.75, 3.05) is 0 Å². The highest BCUT2D eigenvalue weighted by atomic mass is 35.5. The summed E-state index contributed by atoms with van der Waals surface area (Å²) in [5.74, 6) is 1.29. The largest absolute Gasteiger partial charge is 0.360 e. The summed E-state index contributed by atoms with van der Waals surface area (Å²) in [6, 6.07) is 3.27. The van der Waals surface area contributed by atoms with Gasteiger partial charge >= 0.3 is 0 Å². The summed E-state index contributed by atoms with van der Waals surface area (Å²) in [4.78, 5) is 12.1. The van der Waals surface area contributed by atoms with E-state index >= 15 is 0 Å². The normalized spacial score (nSPS) is 31.7. The van der Waals surface area contributed by atoms with Crippen molar-refractivity contribution in [3.05, 3.63) is 17.5 Å². The minimum Gasteiger partial charge on any atom is -0.360 e. The van der Waals surface area contributed by atoms with Gasteiger partial charge in [0.2, 0.25) is 0 Å². The first-order chi connectivity index (χ1) is 9.28. The van der Waals surface area contributed by atoms with E-state index in [1.807, 2.05) is 6.07 Å². The number of carbonyl (C=O) groups excluding carboxylic acids is 1. The van der Waals surface area contributed by atoms with Gasteiger partial charge in [-0.2, -0.15) is 0 Å². The van der Waals surface area contributed by atoms with Crippen LogP contribution in [0.5, 0.6) is 0 Å². The standard InChI is InChI=1S/C14H19N3O2.ClH/c18-14(12-7-13(19-17-12)8-1-2-8)16-11-5-9-3-4-10(6-11)15-9;/h7-11,15H,1-6H2,(H,16,18);1H/t9-,10+,11?;. The number of carbonyl (C=O) groups is 1. The van der Waals surface area contributed by atoms with E-state index in [0.717, 1.165) is 31.4 Å². The fraction of sp³-hybridized carbons (Fsp3) is 0.714. The van der Waals surface area contributed by atoms with Gasteiger partial charge in [-0.25, -0.2) is 0 Å². The van der Waals surface area contributed by atoms with Crippen LogP contribution in [0.2, 0.25) is 0 Å². The van der Waals surface area contributed by atoms with Crippen LogP contribution in [0, 0.1) is 0 Å². The number of piperidine rings is 1. The fourth-order valence-corrected chi connectivity index (χ4v) is 3.39. The lowest BCUT2D eigenvalue weighted by Crippen LogP contribution is -2.48. The van der Waals surface area contributed by atoms with Crippen LogP contribution < -0.4 is 10.6 Å². The van der Waals surface area contributed by atoms with Gasteiger partial charge in [0.25, 0.3) is 5.91 Å². The molecule has 1 aromatic heterocycles. The minimum absolute atomic E-state index is 0. The van der Waals surface area contributed by atoms with Crippen molar-refractivity contribution >= 4 is 18.3 Å². The van der Waals surface area contributed by atoms with Crippen molar-refractivity contribution in [2.24, 2.45) is 0 Å². The van der Waals surface area contributed by atoms with Gasteiger partial charge in [-0.15, -0.1) is 12.4 Å². The van der Waals surface area contributed by atoms with Crippen molar-refractivity contribution in [2.45, 2.75) is 62.6 Å². The van der Waals surface area contributed by atoms with Crippen LogP contribution >= 0.6 is 12.4 Å². The third-order valence-corrected chi connectivity index (χ3v) is 4.55. The smallest absolute Gasteiger partial charge is 0.273 e. The van der Waals surface area contributed by atoms with E-state index < -0.39 is 0 Å². The summed E-state index contributed by atoms with van der Waals surface area (Å²) >= 11 is 0. The van der Waals surface area contributed by atoms with E-state index in [0.29, 0.717) is 23.7 Å². The fourth-order valence-electron chi connectivity index (χ4n) is 3.39. The number of rotatable bonds is 3. The number of aromatic nitrogens is 1. The molecule has 1 unspecified atom stereocenters. The molecule has 2 saturated heterocycles. The van der Waals surface area contributed by atoms with Crippen molar-refractivity contribution in [1.82, 2.24) is 15.8 Å². The molecule has 2 bridgehead atoms. The van der Waals surface area contributed by atoms with Crippen LogP contribution in [0.25, 0.3) is 0 Å². The molecule has 2 N–H and O–H groups in total. The van der Waals surface area contributed by atoms with Crippen LogP contribution in [-0.2, 0) is 0 Å². The van der Waals surface area contributed by atoms with Crippen LogP contribution in [0.15, 0.2) is 10.6 Å². The Bertz CT molecular complexity index is 488. The summed E-state index contributed by atoms with van der Waals surface area (Å²) in [7, 11) is 0. The maximum Gasteiger partial charge on any atom is 0.273 e. The number of halogens is 1. The summed E-state index contributed by atoms with van der Waals surface area (Å²) in [6.45, 7) is 0. The van der Waals surface area contributed by atoms with Crippen molar-refractivity contribution in [1.29, 1.82) is 0 Å². The Morgan fingerprint density at radius 3 is 2.60 bits per heavy atom. The van der Waals surface area contributed by atoms with Gasteiger partial charge in [0, 0.05) is 30.1 Å².